The van der Waals surface area contributed by atoms with E-state index in [-0.39, 0.29) is 16.0 Å². The molecule has 0 unspecified atom stereocenters. The third kappa shape index (κ3) is 3.79. The lowest BCUT2D eigenvalue weighted by Crippen LogP contribution is -2.29. The lowest BCUT2D eigenvalue weighted by Gasteiger charge is -2.12. The van der Waals surface area contributed by atoms with Crippen molar-refractivity contribution in [3.8, 4) is 0 Å². The zero-order valence-electron chi connectivity index (χ0n) is 11.9. The number of rotatable bonds is 4. The first-order valence-corrected chi connectivity index (χ1v) is 8.45. The van der Waals surface area contributed by atoms with E-state index < -0.39 is 21.7 Å². The molecular formula is C14H19FN2O3S. The smallest absolute Gasteiger partial charge is 0.254 e. The van der Waals surface area contributed by atoms with Crippen LogP contribution >= 0.6 is 0 Å². The molecule has 0 saturated heterocycles. The van der Waals surface area contributed by atoms with E-state index in [2.05, 4.69) is 5.32 Å². The molecule has 116 valence electrons. The normalized spacial score (nSPS) is 16.1. The second kappa shape index (κ2) is 6.11. The van der Waals surface area contributed by atoms with Gasteiger partial charge in [-0.2, -0.15) is 0 Å². The summed E-state index contributed by atoms with van der Waals surface area (Å²) in [7, 11) is -3.98. The van der Waals surface area contributed by atoms with Crippen LogP contribution in [0.5, 0.6) is 0 Å². The minimum absolute atomic E-state index is 0.183. The number of carbonyl (C=O) groups excluding carboxylic acids is 1. The molecule has 5 nitrogen and oxygen atoms in total. The Bertz CT molecular complexity index is 652. The van der Waals surface area contributed by atoms with Crippen molar-refractivity contribution in [2.45, 2.75) is 37.5 Å². The lowest BCUT2D eigenvalue weighted by atomic mass is 10.1. The number of carbonyl (C=O) groups is 1. The van der Waals surface area contributed by atoms with Gasteiger partial charge in [0.1, 0.15) is 5.82 Å². The molecule has 2 rings (SSSR count). The number of benzene rings is 1. The van der Waals surface area contributed by atoms with E-state index in [0.717, 1.165) is 37.8 Å². The Hall–Kier alpha value is -1.47. The van der Waals surface area contributed by atoms with E-state index in [1.165, 1.54) is 6.92 Å². The molecule has 0 aromatic heterocycles. The van der Waals surface area contributed by atoms with E-state index in [0.29, 0.717) is 12.5 Å². The first-order valence-electron chi connectivity index (χ1n) is 6.90. The molecule has 1 fully saturated rings. The highest BCUT2D eigenvalue weighted by Gasteiger charge is 2.21. The maximum absolute atomic E-state index is 13.9. The van der Waals surface area contributed by atoms with E-state index >= 15 is 0 Å². The summed E-state index contributed by atoms with van der Waals surface area (Å²) in [6.45, 7) is 1.92. The maximum atomic E-state index is 13.9. The summed E-state index contributed by atoms with van der Waals surface area (Å²) in [6, 6.07) is 2.02. The predicted octanol–water partition coefficient (Wildman–Crippen LogP) is 1.70. The molecule has 0 heterocycles. The van der Waals surface area contributed by atoms with E-state index in [4.69, 9.17) is 5.14 Å². The Morgan fingerprint density at radius 1 is 1.38 bits per heavy atom. The summed E-state index contributed by atoms with van der Waals surface area (Å²) in [4.78, 5) is 11.8. The Morgan fingerprint density at radius 2 is 2.00 bits per heavy atom. The molecule has 21 heavy (non-hydrogen) atoms. The number of sulfonamides is 1. The summed E-state index contributed by atoms with van der Waals surface area (Å²) in [5.74, 6) is -0.937. The van der Waals surface area contributed by atoms with Gasteiger partial charge in [0.15, 0.2) is 0 Å². The van der Waals surface area contributed by atoms with Crippen LogP contribution in [0, 0.1) is 18.7 Å². The molecule has 0 spiro atoms. The van der Waals surface area contributed by atoms with Crippen LogP contribution in [0.4, 0.5) is 4.39 Å². The monoisotopic (exact) mass is 314 g/mol. The molecule has 1 aliphatic carbocycles. The number of nitrogens with one attached hydrogen (secondary N) is 1. The number of amides is 1. The summed E-state index contributed by atoms with van der Waals surface area (Å²) in [6.07, 6.45) is 4.40. The molecule has 1 aromatic rings. The van der Waals surface area contributed by atoms with Gasteiger partial charge in [-0.1, -0.05) is 12.8 Å². The zero-order valence-corrected chi connectivity index (χ0v) is 12.7. The molecule has 0 radical (unpaired) electrons. The summed E-state index contributed by atoms with van der Waals surface area (Å²) in [5, 5.41) is 7.73. The fourth-order valence-corrected chi connectivity index (χ4v) is 3.47. The first-order chi connectivity index (χ1) is 9.79. The van der Waals surface area contributed by atoms with Gasteiger partial charge in [0.2, 0.25) is 10.0 Å². The molecule has 7 heteroatoms. The topological polar surface area (TPSA) is 89.3 Å². The molecule has 1 aromatic carbocycles. The Balaban J connectivity index is 2.20. The van der Waals surface area contributed by atoms with Crippen molar-refractivity contribution >= 4 is 15.9 Å². The van der Waals surface area contributed by atoms with Crippen molar-refractivity contribution in [2.24, 2.45) is 11.1 Å². The Kier molecular flexibility index (Phi) is 4.63. The summed E-state index contributed by atoms with van der Waals surface area (Å²) >= 11 is 0. The van der Waals surface area contributed by atoms with Crippen molar-refractivity contribution in [2.75, 3.05) is 6.54 Å². The highest BCUT2D eigenvalue weighted by atomic mass is 32.2. The van der Waals surface area contributed by atoms with Gasteiger partial charge in [-0.25, -0.2) is 17.9 Å². The first kappa shape index (κ1) is 15.9. The number of hydrogen-bond acceptors (Lipinski definition) is 3. The van der Waals surface area contributed by atoms with Gasteiger partial charge >= 0.3 is 0 Å². The largest absolute Gasteiger partial charge is 0.352 e. The average Bonchev–Trinajstić information content (AvgIpc) is 2.87. The van der Waals surface area contributed by atoms with Gasteiger partial charge in [0.25, 0.3) is 5.91 Å². The quantitative estimate of drug-likeness (QED) is 0.886. The van der Waals surface area contributed by atoms with Crippen molar-refractivity contribution in [1.29, 1.82) is 0 Å². The van der Waals surface area contributed by atoms with Gasteiger partial charge in [0, 0.05) is 6.54 Å². The minimum atomic E-state index is -3.98. The van der Waals surface area contributed by atoms with Crippen LogP contribution in [0.25, 0.3) is 0 Å². The van der Waals surface area contributed by atoms with Crippen LogP contribution in [0.3, 0.4) is 0 Å². The second-order valence-corrected chi connectivity index (χ2v) is 7.03. The van der Waals surface area contributed by atoms with Crippen molar-refractivity contribution in [1.82, 2.24) is 5.32 Å². The highest BCUT2D eigenvalue weighted by molar-refractivity contribution is 7.89. The van der Waals surface area contributed by atoms with Gasteiger partial charge in [0.05, 0.1) is 10.5 Å². The predicted molar refractivity (Wildman–Crippen MR) is 76.8 cm³/mol. The molecular weight excluding hydrogens is 295 g/mol. The van der Waals surface area contributed by atoms with Crippen LogP contribution in [0.15, 0.2) is 17.0 Å². The number of hydrogen-bond donors (Lipinski definition) is 2. The minimum Gasteiger partial charge on any atom is -0.352 e. The van der Waals surface area contributed by atoms with E-state index in [9.17, 15) is 17.6 Å². The average molecular weight is 314 g/mol. The van der Waals surface area contributed by atoms with Crippen molar-refractivity contribution in [3.63, 3.8) is 0 Å². The summed E-state index contributed by atoms with van der Waals surface area (Å²) < 4.78 is 36.7. The molecule has 1 aliphatic rings. The molecule has 0 aliphatic heterocycles. The van der Waals surface area contributed by atoms with Gasteiger partial charge in [-0.15, -0.1) is 0 Å². The Labute approximate surface area is 123 Å². The van der Waals surface area contributed by atoms with Crippen LogP contribution in [-0.4, -0.2) is 20.9 Å². The van der Waals surface area contributed by atoms with Gasteiger partial charge < -0.3 is 5.32 Å². The highest BCUT2D eigenvalue weighted by Crippen LogP contribution is 2.24. The van der Waals surface area contributed by atoms with Crippen LogP contribution in [-0.2, 0) is 10.0 Å². The maximum Gasteiger partial charge on any atom is 0.254 e. The number of nitrogens with two attached hydrogens (primary N) is 1. The fraction of sp³-hybridized carbons (Fsp3) is 0.500. The van der Waals surface area contributed by atoms with Crippen molar-refractivity contribution < 1.29 is 17.6 Å². The molecule has 0 bridgehead atoms. The SMILES string of the molecule is Cc1cc(F)c(C(=O)NCC2CCCC2)cc1S(N)(=O)=O. The van der Waals surface area contributed by atoms with E-state index in [1.807, 2.05) is 0 Å². The van der Waals surface area contributed by atoms with Crippen molar-refractivity contribution in [3.05, 3.63) is 29.1 Å². The van der Waals surface area contributed by atoms with Crippen LogP contribution < -0.4 is 10.5 Å². The number of aryl methyl sites for hydroxylation is 1. The Morgan fingerprint density at radius 3 is 2.57 bits per heavy atom. The van der Waals surface area contributed by atoms with E-state index in [1.54, 1.807) is 0 Å². The van der Waals surface area contributed by atoms with Crippen LogP contribution in [0.2, 0.25) is 0 Å². The third-order valence-electron chi connectivity index (χ3n) is 3.84. The summed E-state index contributed by atoms with van der Waals surface area (Å²) in [5.41, 5.74) is -0.107. The molecule has 0 atom stereocenters. The number of primary sulfonamides is 1. The standard InChI is InChI=1S/C14H19FN2O3S/c1-9-6-12(15)11(7-13(9)21(16,19)20)14(18)17-8-10-4-2-3-5-10/h6-7,10H,2-5,8H2,1H3,(H,17,18)(H2,16,19,20). The number of halogens is 1. The second-order valence-electron chi connectivity index (χ2n) is 5.50. The molecule has 1 saturated carbocycles. The molecule has 3 N–H and O–H groups in total. The third-order valence-corrected chi connectivity index (χ3v) is 4.89. The zero-order chi connectivity index (χ0) is 15.6. The van der Waals surface area contributed by atoms with Gasteiger partial charge in [-0.3, -0.25) is 4.79 Å². The lowest BCUT2D eigenvalue weighted by molar-refractivity contribution is 0.0943. The molecule has 1 amide bonds. The van der Waals surface area contributed by atoms with Gasteiger partial charge in [-0.05, 0) is 43.4 Å². The van der Waals surface area contributed by atoms with Crippen LogP contribution in [0.1, 0.15) is 41.6 Å². The fourth-order valence-electron chi connectivity index (χ4n) is 2.68.